The largest absolute Gasteiger partial charge is 0.341 e. The fraction of sp³-hybridized carbons (Fsp3) is 0.500. The lowest BCUT2D eigenvalue weighted by molar-refractivity contribution is -0.134. The van der Waals surface area contributed by atoms with E-state index in [0.717, 1.165) is 24.8 Å². The Balaban J connectivity index is 0.00000200. The van der Waals surface area contributed by atoms with Gasteiger partial charge in [-0.3, -0.25) is 4.79 Å². The predicted molar refractivity (Wildman–Crippen MR) is 85.5 cm³/mol. The van der Waals surface area contributed by atoms with Crippen LogP contribution in [0.4, 0.5) is 0 Å². The van der Waals surface area contributed by atoms with E-state index in [1.54, 1.807) is 18.0 Å². The van der Waals surface area contributed by atoms with E-state index in [9.17, 15) is 4.79 Å². The normalized spacial score (nSPS) is 21.4. The van der Waals surface area contributed by atoms with Crippen molar-refractivity contribution in [3.05, 3.63) is 33.8 Å². The van der Waals surface area contributed by atoms with Crippen LogP contribution in [0.1, 0.15) is 24.8 Å². The van der Waals surface area contributed by atoms with E-state index >= 15 is 0 Å². The van der Waals surface area contributed by atoms with Gasteiger partial charge in [0.15, 0.2) is 0 Å². The molecule has 0 heterocycles. The summed E-state index contributed by atoms with van der Waals surface area (Å²) in [5.74, 6) is 0.221. The number of amides is 1. The molecule has 2 unspecified atom stereocenters. The molecule has 0 aliphatic heterocycles. The molecule has 1 saturated carbocycles. The first-order valence-corrected chi connectivity index (χ1v) is 7.17. The molecule has 0 aromatic heterocycles. The van der Waals surface area contributed by atoms with E-state index in [0.29, 0.717) is 16.6 Å². The van der Waals surface area contributed by atoms with Crippen LogP contribution in [0.3, 0.4) is 0 Å². The van der Waals surface area contributed by atoms with Crippen LogP contribution in [0.25, 0.3) is 0 Å². The van der Waals surface area contributed by atoms with Crippen LogP contribution in [0.2, 0.25) is 10.0 Å². The first kappa shape index (κ1) is 17.6. The van der Waals surface area contributed by atoms with Crippen molar-refractivity contribution in [2.24, 2.45) is 11.7 Å². The molecule has 1 amide bonds. The van der Waals surface area contributed by atoms with Crippen molar-refractivity contribution in [3.63, 3.8) is 0 Å². The molecule has 20 heavy (non-hydrogen) atoms. The van der Waals surface area contributed by atoms with E-state index in [-0.39, 0.29) is 30.3 Å². The van der Waals surface area contributed by atoms with E-state index in [4.69, 9.17) is 28.9 Å². The topological polar surface area (TPSA) is 46.3 Å². The number of nitrogens with two attached hydrogens (primary N) is 1. The van der Waals surface area contributed by atoms with Gasteiger partial charge in [-0.15, -0.1) is 12.4 Å². The van der Waals surface area contributed by atoms with Crippen LogP contribution >= 0.6 is 35.6 Å². The third-order valence-corrected chi connectivity index (χ3v) is 3.98. The highest BCUT2D eigenvalue weighted by Crippen LogP contribution is 2.26. The van der Waals surface area contributed by atoms with Gasteiger partial charge < -0.3 is 10.6 Å². The van der Waals surface area contributed by atoms with Crippen LogP contribution in [0, 0.1) is 5.92 Å². The molecule has 2 atom stereocenters. The standard InChI is InChI=1S/C14H18Cl2N2O.ClH/c1-18(14(19)10-2-3-13(17)6-10)8-9-4-11(15)7-12(16)5-9;/h4-5,7,10,13H,2-3,6,8,17H2,1H3;1H. The third kappa shape index (κ3) is 4.52. The zero-order chi connectivity index (χ0) is 14.0. The quantitative estimate of drug-likeness (QED) is 0.917. The van der Waals surface area contributed by atoms with Gasteiger partial charge >= 0.3 is 0 Å². The molecule has 2 rings (SSSR count). The van der Waals surface area contributed by atoms with Crippen molar-refractivity contribution in [1.29, 1.82) is 0 Å². The van der Waals surface area contributed by atoms with E-state index < -0.39 is 0 Å². The van der Waals surface area contributed by atoms with Crippen LogP contribution < -0.4 is 5.73 Å². The lowest BCUT2D eigenvalue weighted by Gasteiger charge is -2.21. The Labute approximate surface area is 135 Å². The van der Waals surface area contributed by atoms with Gasteiger partial charge in [-0.05, 0) is 43.0 Å². The molecule has 1 aromatic rings. The van der Waals surface area contributed by atoms with E-state index in [1.165, 1.54) is 0 Å². The Morgan fingerprint density at radius 2 is 1.90 bits per heavy atom. The molecule has 3 nitrogen and oxygen atoms in total. The first-order chi connectivity index (χ1) is 8.95. The Hall–Kier alpha value is -0.480. The first-order valence-electron chi connectivity index (χ1n) is 6.41. The number of rotatable bonds is 3. The van der Waals surface area contributed by atoms with E-state index in [2.05, 4.69) is 0 Å². The molecule has 1 aliphatic carbocycles. The van der Waals surface area contributed by atoms with E-state index in [1.807, 2.05) is 12.1 Å². The summed E-state index contributed by atoms with van der Waals surface area (Å²) < 4.78 is 0. The van der Waals surface area contributed by atoms with Gasteiger partial charge in [-0.1, -0.05) is 23.2 Å². The number of halogens is 3. The second-order valence-electron chi connectivity index (χ2n) is 5.24. The van der Waals surface area contributed by atoms with Crippen LogP contribution in [-0.4, -0.2) is 23.9 Å². The zero-order valence-corrected chi connectivity index (χ0v) is 13.6. The van der Waals surface area contributed by atoms with Gasteiger partial charge in [0.25, 0.3) is 0 Å². The number of carbonyl (C=O) groups excluding carboxylic acids is 1. The fourth-order valence-electron chi connectivity index (χ4n) is 2.61. The second kappa shape index (κ2) is 7.51. The van der Waals surface area contributed by atoms with Crippen LogP contribution in [0.15, 0.2) is 18.2 Å². The predicted octanol–water partition coefficient (Wildman–Crippen LogP) is 3.50. The van der Waals surface area contributed by atoms with Gasteiger partial charge in [0, 0.05) is 35.6 Å². The molecule has 1 aliphatic rings. The second-order valence-corrected chi connectivity index (χ2v) is 6.11. The minimum atomic E-state index is 0. The molecule has 0 bridgehead atoms. The van der Waals surface area contributed by atoms with Gasteiger partial charge in [0.2, 0.25) is 5.91 Å². The molecule has 6 heteroatoms. The van der Waals surface area contributed by atoms with Crippen molar-refractivity contribution < 1.29 is 4.79 Å². The number of hydrogen-bond donors (Lipinski definition) is 1. The highest BCUT2D eigenvalue weighted by Gasteiger charge is 2.29. The monoisotopic (exact) mass is 336 g/mol. The van der Waals surface area contributed by atoms with Crippen molar-refractivity contribution >= 4 is 41.5 Å². The summed E-state index contributed by atoms with van der Waals surface area (Å²) in [5, 5.41) is 1.18. The summed E-state index contributed by atoms with van der Waals surface area (Å²) in [6, 6.07) is 5.52. The molecule has 0 radical (unpaired) electrons. The Morgan fingerprint density at radius 3 is 2.40 bits per heavy atom. The fourth-order valence-corrected chi connectivity index (χ4v) is 3.18. The Morgan fingerprint density at radius 1 is 1.30 bits per heavy atom. The average molecular weight is 338 g/mol. The summed E-state index contributed by atoms with van der Waals surface area (Å²) in [6.45, 7) is 0.519. The van der Waals surface area contributed by atoms with Crippen molar-refractivity contribution in [3.8, 4) is 0 Å². The molecular formula is C14H19Cl3N2O. The Kier molecular flexibility index (Phi) is 6.59. The lowest BCUT2D eigenvalue weighted by atomic mass is 10.1. The molecule has 1 aromatic carbocycles. The van der Waals surface area contributed by atoms with Crippen molar-refractivity contribution in [2.75, 3.05) is 7.05 Å². The number of benzene rings is 1. The highest BCUT2D eigenvalue weighted by atomic mass is 35.5. The van der Waals surface area contributed by atoms with Gasteiger partial charge in [0.1, 0.15) is 0 Å². The third-order valence-electron chi connectivity index (χ3n) is 3.54. The zero-order valence-electron chi connectivity index (χ0n) is 11.3. The minimum absolute atomic E-state index is 0. The molecule has 0 saturated heterocycles. The Bertz CT molecular complexity index is 461. The maximum atomic E-state index is 12.3. The average Bonchev–Trinajstić information content (AvgIpc) is 2.73. The van der Waals surface area contributed by atoms with Crippen LogP contribution in [-0.2, 0) is 11.3 Å². The molecule has 1 fully saturated rings. The molecule has 0 spiro atoms. The van der Waals surface area contributed by atoms with Gasteiger partial charge in [-0.2, -0.15) is 0 Å². The number of nitrogens with zero attached hydrogens (tertiary/aromatic N) is 1. The summed E-state index contributed by atoms with van der Waals surface area (Å²) in [4.78, 5) is 14.0. The minimum Gasteiger partial charge on any atom is -0.341 e. The van der Waals surface area contributed by atoms with Gasteiger partial charge in [-0.25, -0.2) is 0 Å². The number of hydrogen-bond acceptors (Lipinski definition) is 2. The highest BCUT2D eigenvalue weighted by molar-refractivity contribution is 6.34. The summed E-state index contributed by atoms with van der Waals surface area (Å²) in [7, 11) is 1.81. The number of carbonyl (C=O) groups is 1. The summed E-state index contributed by atoms with van der Waals surface area (Å²) in [5.41, 5.74) is 6.79. The van der Waals surface area contributed by atoms with Crippen LogP contribution in [0.5, 0.6) is 0 Å². The smallest absolute Gasteiger partial charge is 0.225 e. The molecule has 112 valence electrons. The molecular weight excluding hydrogens is 319 g/mol. The summed E-state index contributed by atoms with van der Waals surface area (Å²) in [6.07, 6.45) is 2.62. The SMILES string of the molecule is CN(Cc1cc(Cl)cc(Cl)c1)C(=O)C1CCC(N)C1.Cl. The summed E-state index contributed by atoms with van der Waals surface area (Å²) >= 11 is 11.9. The lowest BCUT2D eigenvalue weighted by Crippen LogP contribution is -2.32. The van der Waals surface area contributed by atoms with Crippen molar-refractivity contribution in [1.82, 2.24) is 4.90 Å². The maximum Gasteiger partial charge on any atom is 0.225 e. The van der Waals surface area contributed by atoms with Crippen molar-refractivity contribution in [2.45, 2.75) is 31.8 Å². The maximum absolute atomic E-state index is 12.3. The molecule has 2 N–H and O–H groups in total. The van der Waals surface area contributed by atoms with Gasteiger partial charge in [0.05, 0.1) is 0 Å².